The van der Waals surface area contributed by atoms with Crippen LogP contribution in [0.4, 0.5) is 0 Å². The van der Waals surface area contributed by atoms with E-state index in [0.29, 0.717) is 6.42 Å². The Morgan fingerprint density at radius 2 is 2.43 bits per heavy atom. The number of ketones is 1. The lowest BCUT2D eigenvalue weighted by molar-refractivity contribution is -0.112. The molecule has 0 aromatic rings. The molecule has 0 amide bonds. The van der Waals surface area contributed by atoms with Gasteiger partial charge in [0.1, 0.15) is 5.37 Å². The van der Waals surface area contributed by atoms with E-state index < -0.39 is 0 Å². The molecule has 0 aliphatic rings. The van der Waals surface area contributed by atoms with E-state index in [1.54, 1.807) is 0 Å². The van der Waals surface area contributed by atoms with Crippen LogP contribution in [0.2, 0.25) is 0 Å². The SMILES string of the molecule is CCCC(=O)[C]=S. The molecule has 0 atom stereocenters. The summed E-state index contributed by atoms with van der Waals surface area (Å²) in [5, 5.41) is 2.11. The van der Waals surface area contributed by atoms with Crippen LogP contribution >= 0.6 is 12.2 Å². The Balaban J connectivity index is 3.17. The van der Waals surface area contributed by atoms with Crippen LogP contribution in [-0.2, 0) is 4.79 Å². The lowest BCUT2D eigenvalue weighted by Crippen LogP contribution is -1.93. The van der Waals surface area contributed by atoms with Gasteiger partial charge in [-0.2, -0.15) is 0 Å². The molecule has 0 aliphatic carbocycles. The predicted octanol–water partition coefficient (Wildman–Crippen LogP) is 1.23. The molecule has 0 aliphatic heterocycles. The zero-order valence-electron chi connectivity index (χ0n) is 4.23. The van der Waals surface area contributed by atoms with Crippen molar-refractivity contribution in [1.82, 2.24) is 0 Å². The Labute approximate surface area is 48.7 Å². The van der Waals surface area contributed by atoms with Gasteiger partial charge in [0.25, 0.3) is 0 Å². The van der Waals surface area contributed by atoms with E-state index in [1.807, 2.05) is 6.92 Å². The average molecular weight is 115 g/mol. The third-order valence-corrected chi connectivity index (χ3v) is 0.819. The molecule has 0 N–H and O–H groups in total. The monoisotopic (exact) mass is 115 g/mol. The van der Waals surface area contributed by atoms with E-state index >= 15 is 0 Å². The van der Waals surface area contributed by atoms with E-state index in [-0.39, 0.29) is 5.78 Å². The molecule has 0 saturated heterocycles. The average Bonchev–Trinajstić information content (AvgIpc) is 1.68. The van der Waals surface area contributed by atoms with E-state index in [2.05, 4.69) is 17.6 Å². The summed E-state index contributed by atoms with van der Waals surface area (Å²) in [4.78, 5) is 10.2. The summed E-state index contributed by atoms with van der Waals surface area (Å²) in [5.74, 6) is -0.0579. The third kappa shape index (κ3) is 3.59. The lowest BCUT2D eigenvalue weighted by atomic mass is 10.3. The highest BCUT2D eigenvalue weighted by Crippen LogP contribution is 1.84. The first-order valence-corrected chi connectivity index (χ1v) is 2.63. The molecule has 1 nitrogen and oxygen atoms in total. The second-order valence-electron chi connectivity index (χ2n) is 1.28. The number of hydrogen-bond acceptors (Lipinski definition) is 2. The van der Waals surface area contributed by atoms with E-state index in [4.69, 9.17) is 0 Å². The molecule has 2 heteroatoms. The van der Waals surface area contributed by atoms with Gasteiger partial charge in [0, 0.05) is 6.42 Å². The molecule has 0 aromatic heterocycles. The minimum atomic E-state index is -0.0579. The molecule has 0 bridgehead atoms. The van der Waals surface area contributed by atoms with E-state index in [1.165, 1.54) is 0 Å². The number of Topliss-reactive ketones (excluding diaryl/α,β-unsaturated/α-hetero) is 1. The van der Waals surface area contributed by atoms with Gasteiger partial charge < -0.3 is 0 Å². The standard InChI is InChI=1S/C5H7OS/c1-2-3-5(6)4-7/h2-3H2,1H3. The van der Waals surface area contributed by atoms with Gasteiger partial charge in [-0.05, 0) is 6.42 Å². The Bertz CT molecular complexity index is 78.1. The maximum Gasteiger partial charge on any atom is 0.175 e. The third-order valence-electron chi connectivity index (χ3n) is 0.591. The van der Waals surface area contributed by atoms with Crippen LogP contribution in [0.1, 0.15) is 19.8 Å². The van der Waals surface area contributed by atoms with Crippen molar-refractivity contribution in [3.05, 3.63) is 0 Å². The van der Waals surface area contributed by atoms with Crippen LogP contribution < -0.4 is 0 Å². The van der Waals surface area contributed by atoms with Gasteiger partial charge in [-0.15, -0.1) is 0 Å². The maximum absolute atomic E-state index is 10.2. The topological polar surface area (TPSA) is 17.1 Å². The Morgan fingerprint density at radius 1 is 1.86 bits per heavy atom. The van der Waals surface area contributed by atoms with Gasteiger partial charge in [0.05, 0.1) is 0 Å². The zero-order valence-corrected chi connectivity index (χ0v) is 5.05. The summed E-state index contributed by atoms with van der Waals surface area (Å²) >= 11 is 4.24. The van der Waals surface area contributed by atoms with Crippen molar-refractivity contribution in [2.45, 2.75) is 19.8 Å². The lowest BCUT2D eigenvalue weighted by Gasteiger charge is -1.80. The predicted molar refractivity (Wildman–Crippen MR) is 32.5 cm³/mol. The highest BCUT2D eigenvalue weighted by Gasteiger charge is 1.90. The van der Waals surface area contributed by atoms with Crippen LogP contribution in [-0.4, -0.2) is 11.2 Å². The van der Waals surface area contributed by atoms with Crippen LogP contribution in [0.15, 0.2) is 0 Å². The number of rotatable bonds is 3. The Kier molecular flexibility index (Phi) is 3.80. The van der Waals surface area contributed by atoms with Crippen LogP contribution in [0.25, 0.3) is 0 Å². The summed E-state index contributed by atoms with van der Waals surface area (Å²) in [6.07, 6.45) is 1.41. The minimum Gasteiger partial charge on any atom is -0.293 e. The van der Waals surface area contributed by atoms with Crippen molar-refractivity contribution in [1.29, 1.82) is 0 Å². The molecule has 0 aromatic carbocycles. The van der Waals surface area contributed by atoms with E-state index in [0.717, 1.165) is 6.42 Å². The molecular formula is C5H7OS. The fourth-order valence-electron chi connectivity index (χ4n) is 0.278. The first-order chi connectivity index (χ1) is 3.31. The summed E-state index contributed by atoms with van der Waals surface area (Å²) < 4.78 is 0. The molecule has 0 unspecified atom stereocenters. The van der Waals surface area contributed by atoms with Gasteiger partial charge in [0.15, 0.2) is 5.78 Å². The first kappa shape index (κ1) is 6.76. The van der Waals surface area contributed by atoms with Crippen molar-refractivity contribution < 1.29 is 4.79 Å². The van der Waals surface area contributed by atoms with Gasteiger partial charge in [-0.25, -0.2) is 0 Å². The molecule has 0 fully saturated rings. The number of carbonyl (C=O) groups is 1. The normalized spacial score (nSPS) is 8.14. The van der Waals surface area contributed by atoms with Crippen LogP contribution in [0.3, 0.4) is 0 Å². The van der Waals surface area contributed by atoms with Crippen molar-refractivity contribution in [3.8, 4) is 0 Å². The number of thiocarbonyl (C=S) groups is 1. The molecule has 0 heterocycles. The molecule has 0 spiro atoms. The fraction of sp³-hybridized carbons (Fsp3) is 0.600. The Morgan fingerprint density at radius 3 is 2.57 bits per heavy atom. The van der Waals surface area contributed by atoms with E-state index in [9.17, 15) is 4.79 Å². The second-order valence-corrected chi connectivity index (χ2v) is 1.48. The fourth-order valence-corrected chi connectivity index (χ4v) is 0.380. The minimum absolute atomic E-state index is 0.0579. The molecule has 1 radical (unpaired) electrons. The van der Waals surface area contributed by atoms with Crippen LogP contribution in [0, 0.1) is 0 Å². The molecule has 0 rings (SSSR count). The summed E-state index contributed by atoms with van der Waals surface area (Å²) in [6.45, 7) is 1.94. The molecule has 7 heavy (non-hydrogen) atoms. The first-order valence-electron chi connectivity index (χ1n) is 2.22. The summed E-state index contributed by atoms with van der Waals surface area (Å²) in [7, 11) is 0. The zero-order chi connectivity index (χ0) is 5.70. The Hall–Kier alpha value is -0.240. The second kappa shape index (κ2) is 3.93. The molecule has 39 valence electrons. The van der Waals surface area contributed by atoms with Crippen molar-refractivity contribution >= 4 is 23.4 Å². The number of carbonyl (C=O) groups excluding carboxylic acids is 1. The summed E-state index contributed by atoms with van der Waals surface area (Å²) in [5.41, 5.74) is 0. The molecular weight excluding hydrogens is 108 g/mol. The van der Waals surface area contributed by atoms with Gasteiger partial charge >= 0.3 is 0 Å². The van der Waals surface area contributed by atoms with Crippen LogP contribution in [0.5, 0.6) is 0 Å². The van der Waals surface area contributed by atoms with Gasteiger partial charge in [-0.3, -0.25) is 4.79 Å². The highest BCUT2D eigenvalue weighted by atomic mass is 32.1. The smallest absolute Gasteiger partial charge is 0.175 e. The maximum atomic E-state index is 10.2. The summed E-state index contributed by atoms with van der Waals surface area (Å²) in [6, 6.07) is 0. The van der Waals surface area contributed by atoms with Crippen molar-refractivity contribution in [3.63, 3.8) is 0 Å². The van der Waals surface area contributed by atoms with Crippen molar-refractivity contribution in [2.24, 2.45) is 0 Å². The molecule has 0 saturated carbocycles. The van der Waals surface area contributed by atoms with Crippen molar-refractivity contribution in [2.75, 3.05) is 0 Å². The largest absolute Gasteiger partial charge is 0.293 e. The van der Waals surface area contributed by atoms with Gasteiger partial charge in [0.2, 0.25) is 0 Å². The quantitative estimate of drug-likeness (QED) is 0.515. The van der Waals surface area contributed by atoms with Gasteiger partial charge in [-0.1, -0.05) is 19.1 Å². The number of hydrogen-bond donors (Lipinski definition) is 0. The highest BCUT2D eigenvalue weighted by molar-refractivity contribution is 7.80.